The molecule has 96 valence electrons. The van der Waals surface area contributed by atoms with Crippen molar-refractivity contribution >= 4 is 5.97 Å². The van der Waals surface area contributed by atoms with Gasteiger partial charge in [0.2, 0.25) is 0 Å². The molecule has 0 radical (unpaired) electrons. The number of fused-ring (bicyclic) bond motifs is 1. The molecule has 3 heteroatoms. The van der Waals surface area contributed by atoms with E-state index in [1.807, 2.05) is 25.1 Å². The van der Waals surface area contributed by atoms with Crippen LogP contribution in [0.3, 0.4) is 0 Å². The first-order valence-electron chi connectivity index (χ1n) is 6.57. The van der Waals surface area contributed by atoms with E-state index in [0.29, 0.717) is 12.3 Å². The Balaban J connectivity index is 1.73. The number of carboxylic acids is 1. The van der Waals surface area contributed by atoms with Crippen molar-refractivity contribution in [2.24, 2.45) is 11.3 Å². The van der Waals surface area contributed by atoms with Gasteiger partial charge in [-0.1, -0.05) is 18.2 Å². The number of para-hydroxylation sites is 1. The van der Waals surface area contributed by atoms with Crippen molar-refractivity contribution in [2.45, 2.75) is 38.7 Å². The van der Waals surface area contributed by atoms with Crippen LogP contribution in [0.2, 0.25) is 0 Å². The Bertz CT molecular complexity index is 453. The number of carboxylic acid groups (broad SMARTS) is 1. The summed E-state index contributed by atoms with van der Waals surface area (Å²) in [6.45, 7) is 1.87. The molecule has 1 saturated carbocycles. The largest absolute Gasteiger partial charge is 0.490 e. The summed E-state index contributed by atoms with van der Waals surface area (Å²) < 4.78 is 5.87. The molecule has 2 atom stereocenters. The SMILES string of the molecule is CC(CC1Cc2ccccc2O1)(C(=O)O)C1CC1. The van der Waals surface area contributed by atoms with Gasteiger partial charge in [0.15, 0.2) is 0 Å². The smallest absolute Gasteiger partial charge is 0.309 e. The summed E-state index contributed by atoms with van der Waals surface area (Å²) in [6.07, 6.45) is 3.56. The van der Waals surface area contributed by atoms with E-state index in [4.69, 9.17) is 4.74 Å². The number of ether oxygens (including phenoxy) is 1. The first kappa shape index (κ1) is 11.6. The maximum absolute atomic E-state index is 11.5. The van der Waals surface area contributed by atoms with Gasteiger partial charge in [0.1, 0.15) is 11.9 Å². The molecule has 0 bridgehead atoms. The highest BCUT2D eigenvalue weighted by Gasteiger charge is 2.49. The van der Waals surface area contributed by atoms with Crippen molar-refractivity contribution in [1.29, 1.82) is 0 Å². The van der Waals surface area contributed by atoms with E-state index in [2.05, 4.69) is 6.07 Å². The Hall–Kier alpha value is -1.51. The lowest BCUT2D eigenvalue weighted by Crippen LogP contribution is -2.35. The van der Waals surface area contributed by atoms with E-state index in [9.17, 15) is 9.90 Å². The van der Waals surface area contributed by atoms with Crippen LogP contribution in [0.5, 0.6) is 5.75 Å². The Morgan fingerprint density at radius 2 is 2.17 bits per heavy atom. The van der Waals surface area contributed by atoms with Crippen LogP contribution in [-0.4, -0.2) is 17.2 Å². The molecule has 2 aliphatic rings. The number of hydrogen-bond acceptors (Lipinski definition) is 2. The van der Waals surface area contributed by atoms with Gasteiger partial charge in [-0.05, 0) is 37.3 Å². The fourth-order valence-electron chi connectivity index (χ4n) is 2.99. The highest BCUT2D eigenvalue weighted by Crippen LogP contribution is 2.49. The number of hydrogen-bond donors (Lipinski definition) is 1. The first-order chi connectivity index (χ1) is 8.59. The molecule has 0 aromatic heterocycles. The lowest BCUT2D eigenvalue weighted by Gasteiger charge is -2.27. The van der Waals surface area contributed by atoms with Gasteiger partial charge in [0.25, 0.3) is 0 Å². The summed E-state index contributed by atoms with van der Waals surface area (Å²) in [4.78, 5) is 11.5. The van der Waals surface area contributed by atoms with E-state index < -0.39 is 11.4 Å². The van der Waals surface area contributed by atoms with Crippen LogP contribution in [0, 0.1) is 11.3 Å². The van der Waals surface area contributed by atoms with Crippen molar-refractivity contribution < 1.29 is 14.6 Å². The minimum Gasteiger partial charge on any atom is -0.490 e. The summed E-state index contributed by atoms with van der Waals surface area (Å²) in [5.74, 6) is 0.581. The van der Waals surface area contributed by atoms with Crippen LogP contribution in [0.15, 0.2) is 24.3 Å². The molecule has 1 heterocycles. The van der Waals surface area contributed by atoms with Crippen LogP contribution >= 0.6 is 0 Å². The van der Waals surface area contributed by atoms with Crippen molar-refractivity contribution in [1.82, 2.24) is 0 Å². The highest BCUT2D eigenvalue weighted by atomic mass is 16.5. The zero-order valence-electron chi connectivity index (χ0n) is 10.6. The van der Waals surface area contributed by atoms with Gasteiger partial charge < -0.3 is 9.84 Å². The summed E-state index contributed by atoms with van der Waals surface area (Å²) in [5.41, 5.74) is 0.582. The second-order valence-electron chi connectivity index (χ2n) is 5.75. The minimum absolute atomic E-state index is 0.0177. The molecule has 1 aliphatic heterocycles. The van der Waals surface area contributed by atoms with E-state index in [-0.39, 0.29) is 6.10 Å². The quantitative estimate of drug-likeness (QED) is 0.888. The number of rotatable bonds is 4. The molecule has 1 aliphatic carbocycles. The monoisotopic (exact) mass is 246 g/mol. The predicted molar refractivity (Wildman–Crippen MR) is 67.6 cm³/mol. The van der Waals surface area contributed by atoms with Crippen LogP contribution in [0.4, 0.5) is 0 Å². The molecular formula is C15H18O3. The molecule has 0 saturated heterocycles. The number of aliphatic carboxylic acids is 1. The molecule has 18 heavy (non-hydrogen) atoms. The molecule has 0 spiro atoms. The van der Waals surface area contributed by atoms with Gasteiger partial charge in [0.05, 0.1) is 5.41 Å². The fraction of sp³-hybridized carbons (Fsp3) is 0.533. The molecule has 3 nitrogen and oxygen atoms in total. The van der Waals surface area contributed by atoms with Crippen LogP contribution in [-0.2, 0) is 11.2 Å². The van der Waals surface area contributed by atoms with E-state index in [1.54, 1.807) is 0 Å². The molecular weight excluding hydrogens is 228 g/mol. The number of benzene rings is 1. The molecule has 1 fully saturated rings. The average Bonchev–Trinajstić information content (AvgIpc) is 3.10. The third-order valence-electron chi connectivity index (χ3n) is 4.33. The van der Waals surface area contributed by atoms with Gasteiger partial charge in [-0.25, -0.2) is 0 Å². The van der Waals surface area contributed by atoms with Crippen LogP contribution in [0.25, 0.3) is 0 Å². The van der Waals surface area contributed by atoms with Gasteiger partial charge in [-0.15, -0.1) is 0 Å². The molecule has 3 rings (SSSR count). The summed E-state index contributed by atoms with van der Waals surface area (Å²) in [6, 6.07) is 7.98. The Labute approximate surface area is 107 Å². The molecule has 1 N–H and O–H groups in total. The standard InChI is InChI=1S/C15H18O3/c1-15(14(16)17,11-6-7-11)9-12-8-10-4-2-3-5-13(10)18-12/h2-5,11-12H,6-9H2,1H3,(H,16,17). The van der Waals surface area contributed by atoms with Crippen molar-refractivity contribution in [3.63, 3.8) is 0 Å². The van der Waals surface area contributed by atoms with Crippen molar-refractivity contribution in [3.05, 3.63) is 29.8 Å². The van der Waals surface area contributed by atoms with Crippen molar-refractivity contribution in [2.75, 3.05) is 0 Å². The van der Waals surface area contributed by atoms with E-state index >= 15 is 0 Å². The van der Waals surface area contributed by atoms with Gasteiger partial charge in [-0.2, -0.15) is 0 Å². The molecule has 1 aromatic rings. The van der Waals surface area contributed by atoms with E-state index in [0.717, 1.165) is 25.0 Å². The van der Waals surface area contributed by atoms with Crippen LogP contribution < -0.4 is 4.74 Å². The van der Waals surface area contributed by atoms with Gasteiger partial charge >= 0.3 is 5.97 Å². The summed E-state index contributed by atoms with van der Waals surface area (Å²) >= 11 is 0. The van der Waals surface area contributed by atoms with Crippen LogP contribution in [0.1, 0.15) is 31.7 Å². The van der Waals surface area contributed by atoms with Crippen molar-refractivity contribution in [3.8, 4) is 5.75 Å². The fourth-order valence-corrected chi connectivity index (χ4v) is 2.99. The van der Waals surface area contributed by atoms with E-state index in [1.165, 1.54) is 5.56 Å². The average molecular weight is 246 g/mol. The normalized spacial score (nSPS) is 25.1. The Kier molecular flexibility index (Phi) is 2.58. The van der Waals surface area contributed by atoms with Gasteiger partial charge in [-0.3, -0.25) is 4.79 Å². The summed E-state index contributed by atoms with van der Waals surface area (Å²) in [7, 11) is 0. The summed E-state index contributed by atoms with van der Waals surface area (Å²) in [5, 5.41) is 9.46. The number of carbonyl (C=O) groups is 1. The maximum Gasteiger partial charge on any atom is 0.309 e. The third-order valence-corrected chi connectivity index (χ3v) is 4.33. The molecule has 0 amide bonds. The second kappa shape index (κ2) is 4.01. The predicted octanol–water partition coefficient (Wildman–Crippen LogP) is 2.88. The molecule has 2 unspecified atom stereocenters. The lowest BCUT2D eigenvalue weighted by atomic mass is 9.79. The maximum atomic E-state index is 11.5. The second-order valence-corrected chi connectivity index (χ2v) is 5.75. The topological polar surface area (TPSA) is 46.5 Å². The zero-order valence-corrected chi connectivity index (χ0v) is 10.6. The first-order valence-corrected chi connectivity index (χ1v) is 6.57. The minimum atomic E-state index is -0.676. The molecule has 1 aromatic carbocycles. The Morgan fingerprint density at radius 3 is 2.78 bits per heavy atom. The zero-order chi connectivity index (χ0) is 12.8. The lowest BCUT2D eigenvalue weighted by molar-refractivity contribution is -0.151. The van der Waals surface area contributed by atoms with Gasteiger partial charge in [0, 0.05) is 12.8 Å². The Morgan fingerprint density at radius 1 is 1.44 bits per heavy atom. The third kappa shape index (κ3) is 1.88. The highest BCUT2D eigenvalue weighted by molar-refractivity contribution is 5.75.